The number of benzene rings is 8. The lowest BCUT2D eigenvalue weighted by molar-refractivity contribution is 0.332. The zero-order valence-electron chi connectivity index (χ0n) is 42.2. The number of hydrogen-bond acceptors (Lipinski definition) is 5. The second-order valence-corrected chi connectivity index (χ2v) is 25.2. The molecule has 0 bridgehead atoms. The Labute approximate surface area is 420 Å². The van der Waals surface area contributed by atoms with Crippen molar-refractivity contribution in [2.24, 2.45) is 0 Å². The Morgan fingerprint density at radius 1 is 0.479 bits per heavy atom. The summed E-state index contributed by atoms with van der Waals surface area (Å²) >= 11 is 2.00. The zero-order valence-corrected chi connectivity index (χ0v) is 43.0. The fraction of sp³-hybridized carbons (Fsp3) is 0.262. The van der Waals surface area contributed by atoms with E-state index >= 15 is 0 Å². The van der Waals surface area contributed by atoms with Crippen LogP contribution in [0.15, 0.2) is 142 Å². The Morgan fingerprint density at radius 3 is 1.76 bits per heavy atom. The standard InChI is InChI=1S/C65H57BN2O2S/c1-36-31-45-47(64(6,7)29-27-62(45,2)3)34-51(36)67-57-43-33-46-48(65(8,9)30-28-63(46,4)5)35-54(43)71-61(57)66-56-44(32-42-40-20-13-15-24-53(40)70-60(42)58(56)67)55-38-18-11-10-17-37(38)25-26-49(55)68(66)50-22-16-21-41-39-19-12-14-23-52(39)69-59(41)50/h10-26,31-35H,27-30H2,1-9H3. The zero-order chi connectivity index (χ0) is 48.2. The topological polar surface area (TPSA) is 32.8 Å². The van der Waals surface area contributed by atoms with Gasteiger partial charge < -0.3 is 18.5 Å². The predicted octanol–water partition coefficient (Wildman–Crippen LogP) is 17.6. The Balaban J connectivity index is 1.16. The van der Waals surface area contributed by atoms with Crippen molar-refractivity contribution in [3.05, 3.63) is 161 Å². The molecule has 4 nitrogen and oxygen atoms in total. The molecule has 0 radical (unpaired) electrons. The quantitative estimate of drug-likeness (QED) is 0.162. The number of para-hydroxylation sites is 3. The third-order valence-corrected chi connectivity index (χ3v) is 19.3. The number of hydrogen-bond donors (Lipinski definition) is 0. The molecule has 0 unspecified atom stereocenters. The van der Waals surface area contributed by atoms with Crippen LogP contribution in [0.25, 0.3) is 75.9 Å². The van der Waals surface area contributed by atoms with Crippen LogP contribution in [0, 0.1) is 6.92 Å². The molecule has 0 N–H and O–H groups in total. The van der Waals surface area contributed by atoms with E-state index in [0.29, 0.717) is 0 Å². The molecule has 8 aromatic carbocycles. The molecule has 0 saturated heterocycles. The smallest absolute Gasteiger partial charge is 0.344 e. The van der Waals surface area contributed by atoms with Crippen molar-refractivity contribution in [3.8, 4) is 11.1 Å². The minimum Gasteiger partial charge on any atom is -0.454 e. The normalized spacial score (nSPS) is 18.1. The van der Waals surface area contributed by atoms with Gasteiger partial charge in [0.15, 0.2) is 11.2 Å². The molecule has 0 saturated carbocycles. The van der Waals surface area contributed by atoms with Gasteiger partial charge in [0.25, 0.3) is 0 Å². The molecule has 71 heavy (non-hydrogen) atoms. The molecule has 348 valence electrons. The predicted molar refractivity (Wildman–Crippen MR) is 303 cm³/mol. The second kappa shape index (κ2) is 13.8. The first-order valence-electron chi connectivity index (χ1n) is 25.9. The van der Waals surface area contributed by atoms with E-state index in [1.165, 1.54) is 93.5 Å². The van der Waals surface area contributed by atoms with Crippen LogP contribution in [0.4, 0.5) is 28.4 Å². The van der Waals surface area contributed by atoms with E-state index < -0.39 is 0 Å². The first-order chi connectivity index (χ1) is 34.1. The summed E-state index contributed by atoms with van der Waals surface area (Å²) in [6, 6.07) is 50.6. The van der Waals surface area contributed by atoms with Crippen LogP contribution in [-0.2, 0) is 21.7 Å². The van der Waals surface area contributed by atoms with Gasteiger partial charge in [-0.05, 0) is 152 Å². The maximum absolute atomic E-state index is 7.41. The Morgan fingerprint density at radius 2 is 1.06 bits per heavy atom. The van der Waals surface area contributed by atoms with E-state index in [0.717, 1.165) is 74.5 Å². The second-order valence-electron chi connectivity index (χ2n) is 24.1. The van der Waals surface area contributed by atoms with Gasteiger partial charge in [-0.1, -0.05) is 140 Å². The summed E-state index contributed by atoms with van der Waals surface area (Å²) in [5.41, 5.74) is 20.6. The van der Waals surface area contributed by atoms with Gasteiger partial charge in [0.05, 0.1) is 17.1 Å². The lowest BCUT2D eigenvalue weighted by Crippen LogP contribution is -2.60. The number of furan rings is 2. The molecular formula is C65H57BN2O2S. The maximum Gasteiger partial charge on any atom is 0.344 e. The van der Waals surface area contributed by atoms with Crippen molar-refractivity contribution in [2.45, 2.75) is 110 Å². The number of rotatable bonds is 2. The van der Waals surface area contributed by atoms with Crippen LogP contribution in [0.3, 0.4) is 0 Å². The molecule has 11 aromatic rings. The van der Waals surface area contributed by atoms with Crippen molar-refractivity contribution in [2.75, 3.05) is 9.71 Å². The fourth-order valence-corrected chi connectivity index (χ4v) is 15.2. The molecule has 2 aliphatic carbocycles. The Bertz CT molecular complexity index is 4180. The van der Waals surface area contributed by atoms with E-state index in [2.05, 4.69) is 205 Å². The highest BCUT2D eigenvalue weighted by Crippen LogP contribution is 2.58. The lowest BCUT2D eigenvalue weighted by Gasteiger charge is -2.46. The Kier molecular flexibility index (Phi) is 8.16. The van der Waals surface area contributed by atoms with Crippen LogP contribution in [0.1, 0.15) is 109 Å². The first kappa shape index (κ1) is 42.0. The molecule has 15 rings (SSSR count). The van der Waals surface area contributed by atoms with Crippen molar-refractivity contribution < 1.29 is 8.83 Å². The van der Waals surface area contributed by atoms with Crippen molar-refractivity contribution in [1.29, 1.82) is 0 Å². The highest BCUT2D eigenvalue weighted by Gasteiger charge is 2.51. The molecule has 3 aromatic heterocycles. The van der Waals surface area contributed by atoms with Gasteiger partial charge in [-0.25, -0.2) is 0 Å². The van der Waals surface area contributed by atoms with Crippen molar-refractivity contribution in [1.82, 2.24) is 0 Å². The molecule has 4 aliphatic rings. The van der Waals surface area contributed by atoms with E-state index in [-0.39, 0.29) is 28.5 Å². The molecule has 2 aliphatic heterocycles. The van der Waals surface area contributed by atoms with Gasteiger partial charge in [0, 0.05) is 53.3 Å². The summed E-state index contributed by atoms with van der Waals surface area (Å²) < 4.78 is 17.1. The minimum atomic E-state index is -0.222. The van der Waals surface area contributed by atoms with Gasteiger partial charge in [0.1, 0.15) is 11.2 Å². The first-order valence-corrected chi connectivity index (χ1v) is 26.7. The summed E-state index contributed by atoms with van der Waals surface area (Å²) in [6.45, 7) is 21.8. The average molecular weight is 941 g/mol. The Hall–Kier alpha value is -6.76. The van der Waals surface area contributed by atoms with Gasteiger partial charge in [0.2, 0.25) is 0 Å². The van der Waals surface area contributed by atoms with Crippen LogP contribution in [0.2, 0.25) is 0 Å². The molecule has 0 atom stereocenters. The lowest BCUT2D eigenvalue weighted by atomic mass is 9.46. The molecule has 0 spiro atoms. The number of thiophene rings is 1. The van der Waals surface area contributed by atoms with E-state index in [9.17, 15) is 0 Å². The summed E-state index contributed by atoms with van der Waals surface area (Å²) in [4.78, 5) is 5.38. The largest absolute Gasteiger partial charge is 0.454 e. The van der Waals surface area contributed by atoms with Gasteiger partial charge in [-0.15, -0.1) is 11.3 Å². The van der Waals surface area contributed by atoms with E-state index in [4.69, 9.17) is 8.83 Å². The number of nitrogens with zero attached hydrogens (tertiary/aromatic N) is 2. The van der Waals surface area contributed by atoms with Crippen LogP contribution in [0.5, 0.6) is 0 Å². The summed E-state index contributed by atoms with van der Waals surface area (Å²) in [5.74, 6) is 0. The average Bonchev–Trinajstić information content (AvgIpc) is 4.06. The van der Waals surface area contributed by atoms with Gasteiger partial charge >= 0.3 is 6.85 Å². The third-order valence-electron chi connectivity index (χ3n) is 18.1. The monoisotopic (exact) mass is 940 g/mol. The highest BCUT2D eigenvalue weighted by molar-refractivity contribution is 7.32. The van der Waals surface area contributed by atoms with Crippen molar-refractivity contribution >= 4 is 122 Å². The fourth-order valence-electron chi connectivity index (χ4n) is 13.9. The number of anilines is 5. The van der Waals surface area contributed by atoms with E-state index in [1.807, 2.05) is 11.3 Å². The highest BCUT2D eigenvalue weighted by atomic mass is 32.1. The molecular weight excluding hydrogens is 884 g/mol. The van der Waals surface area contributed by atoms with Gasteiger partial charge in [-0.3, -0.25) is 0 Å². The molecule has 0 fully saturated rings. The van der Waals surface area contributed by atoms with E-state index in [1.54, 1.807) is 0 Å². The summed E-state index contributed by atoms with van der Waals surface area (Å²) in [5, 5.41) is 8.31. The number of fused-ring (bicyclic) bond motifs is 17. The molecule has 0 amide bonds. The minimum absolute atomic E-state index is 0.00453. The maximum atomic E-state index is 7.41. The summed E-state index contributed by atoms with van der Waals surface area (Å²) in [7, 11) is 0. The number of aryl methyl sites for hydroxylation is 1. The van der Waals surface area contributed by atoms with Gasteiger partial charge in [-0.2, -0.15) is 0 Å². The van der Waals surface area contributed by atoms with Crippen LogP contribution in [-0.4, -0.2) is 6.85 Å². The molecule has 6 heteroatoms. The third kappa shape index (κ3) is 5.52. The summed E-state index contributed by atoms with van der Waals surface area (Å²) in [6.07, 6.45) is 4.62. The SMILES string of the molecule is Cc1cc2c(cc1N1c3c(sc4cc5c(cc34)C(C)(C)CCC5(C)C)B3c4c(cc5c(oc6ccccc65)c41)-c1c(ccc4ccccc14)N3c1cccc3c1oc1ccccc13)C(C)(C)CCC2(C)C. The van der Waals surface area contributed by atoms with Crippen LogP contribution >= 0.6 is 11.3 Å². The van der Waals surface area contributed by atoms with Crippen LogP contribution < -0.4 is 20.0 Å². The molecule has 5 heterocycles. The van der Waals surface area contributed by atoms with Crippen molar-refractivity contribution in [3.63, 3.8) is 0 Å².